The average molecular weight is 265 g/mol. The van der Waals surface area contributed by atoms with E-state index in [1.807, 2.05) is 23.1 Å². The van der Waals surface area contributed by atoms with Crippen molar-refractivity contribution in [1.82, 2.24) is 15.1 Å². The number of aromatic nitrogens is 2. The number of ether oxygens (including phenoxy) is 1. The molecule has 1 heterocycles. The van der Waals surface area contributed by atoms with E-state index in [0.717, 1.165) is 25.6 Å². The molecular weight excluding hydrogens is 238 g/mol. The van der Waals surface area contributed by atoms with Gasteiger partial charge in [-0.1, -0.05) is 19.8 Å². The van der Waals surface area contributed by atoms with E-state index in [4.69, 9.17) is 4.74 Å². The van der Waals surface area contributed by atoms with Crippen molar-refractivity contribution in [1.29, 1.82) is 0 Å². The molecule has 19 heavy (non-hydrogen) atoms. The van der Waals surface area contributed by atoms with Gasteiger partial charge in [0, 0.05) is 25.0 Å². The first-order chi connectivity index (χ1) is 9.25. The van der Waals surface area contributed by atoms with Gasteiger partial charge in [-0.05, 0) is 31.7 Å². The highest BCUT2D eigenvalue weighted by Gasteiger charge is 2.21. The first-order valence-corrected chi connectivity index (χ1v) is 7.58. The molecule has 4 heteroatoms. The Morgan fingerprint density at radius 1 is 1.42 bits per heavy atom. The zero-order valence-corrected chi connectivity index (χ0v) is 12.2. The Hall–Kier alpha value is -0.870. The lowest BCUT2D eigenvalue weighted by molar-refractivity contribution is -0.00385. The van der Waals surface area contributed by atoms with Crippen LogP contribution in [0, 0.1) is 5.92 Å². The summed E-state index contributed by atoms with van der Waals surface area (Å²) < 4.78 is 7.96. The quantitative estimate of drug-likeness (QED) is 0.770. The van der Waals surface area contributed by atoms with Crippen LogP contribution >= 0.6 is 0 Å². The fourth-order valence-electron chi connectivity index (χ4n) is 2.80. The first kappa shape index (κ1) is 14.5. The van der Waals surface area contributed by atoms with Crippen molar-refractivity contribution in [3.05, 3.63) is 18.5 Å². The third kappa shape index (κ3) is 4.96. The maximum Gasteiger partial charge on any atom is 0.0601 e. The van der Waals surface area contributed by atoms with Crippen LogP contribution in [0.1, 0.15) is 39.5 Å². The van der Waals surface area contributed by atoms with Gasteiger partial charge in [0.25, 0.3) is 0 Å². The number of nitrogens with one attached hydrogen (secondary N) is 1. The van der Waals surface area contributed by atoms with E-state index in [9.17, 15) is 0 Å². The van der Waals surface area contributed by atoms with Crippen LogP contribution in [-0.4, -0.2) is 35.1 Å². The van der Waals surface area contributed by atoms with E-state index in [2.05, 4.69) is 24.3 Å². The summed E-state index contributed by atoms with van der Waals surface area (Å²) >= 11 is 0. The molecule has 4 nitrogen and oxygen atoms in total. The van der Waals surface area contributed by atoms with Gasteiger partial charge >= 0.3 is 0 Å². The van der Waals surface area contributed by atoms with Gasteiger partial charge < -0.3 is 10.1 Å². The summed E-state index contributed by atoms with van der Waals surface area (Å²) in [6.07, 6.45) is 9.58. The van der Waals surface area contributed by atoms with Gasteiger partial charge in [0.1, 0.15) is 0 Å². The van der Waals surface area contributed by atoms with Crippen LogP contribution in [-0.2, 0) is 11.3 Å². The number of hydrogen-bond acceptors (Lipinski definition) is 3. The van der Waals surface area contributed by atoms with Crippen LogP contribution in [0.15, 0.2) is 18.5 Å². The van der Waals surface area contributed by atoms with Gasteiger partial charge in [-0.3, -0.25) is 4.68 Å². The molecule has 1 aliphatic rings. The van der Waals surface area contributed by atoms with E-state index in [1.54, 1.807) is 0 Å². The van der Waals surface area contributed by atoms with Crippen LogP contribution in [0.25, 0.3) is 0 Å². The minimum Gasteiger partial charge on any atom is -0.377 e. The third-order valence-electron chi connectivity index (χ3n) is 3.98. The molecule has 1 aliphatic carbocycles. The Kier molecular flexibility index (Phi) is 5.86. The Morgan fingerprint density at radius 3 is 3.00 bits per heavy atom. The lowest BCUT2D eigenvalue weighted by Gasteiger charge is -2.29. The number of hydrogen-bond donors (Lipinski definition) is 1. The molecule has 1 fully saturated rings. The van der Waals surface area contributed by atoms with E-state index in [0.29, 0.717) is 12.1 Å². The molecule has 0 saturated heterocycles. The van der Waals surface area contributed by atoms with Crippen molar-refractivity contribution >= 4 is 0 Å². The fraction of sp³-hybridized carbons (Fsp3) is 0.800. The lowest BCUT2D eigenvalue weighted by atomic mass is 9.88. The smallest absolute Gasteiger partial charge is 0.0601 e. The summed E-state index contributed by atoms with van der Waals surface area (Å²) in [5.41, 5.74) is 0. The highest BCUT2D eigenvalue weighted by molar-refractivity contribution is 4.79. The minimum atomic E-state index is 0.423. The molecule has 3 unspecified atom stereocenters. The second-order valence-electron chi connectivity index (χ2n) is 5.75. The molecule has 0 amide bonds. The normalized spacial score (nSPS) is 25.4. The van der Waals surface area contributed by atoms with Gasteiger partial charge in [-0.2, -0.15) is 5.10 Å². The Labute approximate surface area is 116 Å². The molecule has 1 N–H and O–H groups in total. The maximum absolute atomic E-state index is 6.00. The van der Waals surface area contributed by atoms with Crippen LogP contribution < -0.4 is 5.32 Å². The van der Waals surface area contributed by atoms with Gasteiger partial charge in [0.2, 0.25) is 0 Å². The van der Waals surface area contributed by atoms with Gasteiger partial charge in [0.15, 0.2) is 0 Å². The van der Waals surface area contributed by atoms with Crippen molar-refractivity contribution in [2.45, 2.75) is 58.2 Å². The zero-order valence-electron chi connectivity index (χ0n) is 12.2. The Balaban J connectivity index is 1.56. The highest BCUT2D eigenvalue weighted by Crippen LogP contribution is 2.25. The Morgan fingerprint density at radius 2 is 2.26 bits per heavy atom. The van der Waals surface area contributed by atoms with E-state index < -0.39 is 0 Å². The monoisotopic (exact) mass is 265 g/mol. The molecule has 0 bridgehead atoms. The summed E-state index contributed by atoms with van der Waals surface area (Å²) in [7, 11) is 0. The SMILES string of the molecule is CC(Cn1cccn1)NCCOC1CCCCC1C. The molecule has 108 valence electrons. The van der Waals surface area contributed by atoms with Gasteiger partial charge in [0.05, 0.1) is 19.3 Å². The molecule has 0 aliphatic heterocycles. The summed E-state index contributed by atoms with van der Waals surface area (Å²) in [6, 6.07) is 2.38. The van der Waals surface area contributed by atoms with Crippen molar-refractivity contribution in [2.24, 2.45) is 5.92 Å². The first-order valence-electron chi connectivity index (χ1n) is 7.58. The largest absolute Gasteiger partial charge is 0.377 e. The predicted octanol–water partition coefficient (Wildman–Crippen LogP) is 2.46. The molecule has 1 saturated carbocycles. The summed E-state index contributed by atoms with van der Waals surface area (Å²) in [5, 5.41) is 7.70. The van der Waals surface area contributed by atoms with E-state index in [1.165, 1.54) is 25.7 Å². The van der Waals surface area contributed by atoms with Gasteiger partial charge in [-0.25, -0.2) is 0 Å². The fourth-order valence-corrected chi connectivity index (χ4v) is 2.80. The summed E-state index contributed by atoms with van der Waals surface area (Å²) in [6.45, 7) is 7.15. The van der Waals surface area contributed by atoms with E-state index in [-0.39, 0.29) is 0 Å². The molecule has 0 aromatic carbocycles. The topological polar surface area (TPSA) is 39.1 Å². The van der Waals surface area contributed by atoms with E-state index >= 15 is 0 Å². The van der Waals surface area contributed by atoms with Crippen molar-refractivity contribution in [3.8, 4) is 0 Å². The maximum atomic E-state index is 6.00. The third-order valence-corrected chi connectivity index (χ3v) is 3.98. The highest BCUT2D eigenvalue weighted by atomic mass is 16.5. The molecule has 3 atom stereocenters. The molecular formula is C15H27N3O. The number of nitrogens with zero attached hydrogens (tertiary/aromatic N) is 2. The van der Waals surface area contributed by atoms with Crippen LogP contribution in [0.4, 0.5) is 0 Å². The number of rotatable bonds is 7. The summed E-state index contributed by atoms with van der Waals surface area (Å²) in [4.78, 5) is 0. The molecule has 0 radical (unpaired) electrons. The predicted molar refractivity (Wildman–Crippen MR) is 77.1 cm³/mol. The minimum absolute atomic E-state index is 0.423. The molecule has 0 spiro atoms. The van der Waals surface area contributed by atoms with Crippen LogP contribution in [0.2, 0.25) is 0 Å². The average Bonchev–Trinajstić information content (AvgIpc) is 2.89. The second-order valence-corrected chi connectivity index (χ2v) is 5.75. The van der Waals surface area contributed by atoms with Crippen LogP contribution in [0.3, 0.4) is 0 Å². The Bertz CT molecular complexity index is 339. The molecule has 1 aromatic heterocycles. The molecule has 2 rings (SSSR count). The van der Waals surface area contributed by atoms with Crippen molar-refractivity contribution in [3.63, 3.8) is 0 Å². The van der Waals surface area contributed by atoms with Gasteiger partial charge in [-0.15, -0.1) is 0 Å². The second kappa shape index (κ2) is 7.65. The standard InChI is InChI=1S/C15H27N3O/c1-13-6-3-4-7-15(13)19-11-9-16-14(2)12-18-10-5-8-17-18/h5,8,10,13-16H,3-4,6-7,9,11-12H2,1-2H3. The zero-order chi connectivity index (χ0) is 13.5. The summed E-state index contributed by atoms with van der Waals surface area (Å²) in [5.74, 6) is 0.732. The van der Waals surface area contributed by atoms with Crippen LogP contribution in [0.5, 0.6) is 0 Å². The lowest BCUT2D eigenvalue weighted by Crippen LogP contribution is -2.35. The van der Waals surface area contributed by atoms with Crippen molar-refractivity contribution < 1.29 is 4.74 Å². The van der Waals surface area contributed by atoms with Crippen molar-refractivity contribution in [2.75, 3.05) is 13.2 Å². The molecule has 1 aromatic rings.